The summed E-state index contributed by atoms with van der Waals surface area (Å²) in [7, 11) is 0. The van der Waals surface area contributed by atoms with Crippen LogP contribution >= 0.6 is 0 Å². The first-order valence-electron chi connectivity index (χ1n) is 8.52. The van der Waals surface area contributed by atoms with E-state index in [9.17, 15) is 14.4 Å². The second-order valence-corrected chi connectivity index (χ2v) is 7.04. The lowest BCUT2D eigenvalue weighted by Gasteiger charge is -2.21. The molecule has 0 radical (unpaired) electrons. The van der Waals surface area contributed by atoms with Crippen LogP contribution in [-0.4, -0.2) is 35.7 Å². The zero-order valence-electron chi connectivity index (χ0n) is 15.9. The van der Waals surface area contributed by atoms with Crippen LogP contribution in [0.2, 0.25) is 0 Å². The maximum atomic E-state index is 12.2. The molecule has 0 unspecified atom stereocenters. The molecule has 0 bridgehead atoms. The van der Waals surface area contributed by atoms with Crippen molar-refractivity contribution in [3.63, 3.8) is 0 Å². The van der Waals surface area contributed by atoms with Gasteiger partial charge in [0, 0.05) is 6.42 Å². The van der Waals surface area contributed by atoms with Crippen LogP contribution in [0.1, 0.15) is 57.8 Å². The molecule has 0 spiro atoms. The number of rotatable bonds is 8. The van der Waals surface area contributed by atoms with E-state index < -0.39 is 29.6 Å². The van der Waals surface area contributed by atoms with E-state index in [2.05, 4.69) is 5.48 Å². The lowest BCUT2D eigenvalue weighted by atomic mass is 10.1. The Balaban J connectivity index is 2.65. The molecule has 0 aliphatic heterocycles. The molecule has 0 saturated carbocycles. The number of hydroxylamine groups is 1. The number of carbonyl (C=O) groups excluding carboxylic acids is 3. The van der Waals surface area contributed by atoms with Crippen molar-refractivity contribution in [1.82, 2.24) is 5.48 Å². The van der Waals surface area contributed by atoms with Gasteiger partial charge in [0.05, 0.1) is 11.7 Å². The highest BCUT2D eigenvalue weighted by molar-refractivity contribution is 5.89. The van der Waals surface area contributed by atoms with Gasteiger partial charge in [-0.3, -0.25) is 9.59 Å². The molecule has 1 rings (SSSR count). The van der Waals surface area contributed by atoms with Crippen LogP contribution in [0.5, 0.6) is 0 Å². The van der Waals surface area contributed by atoms with E-state index in [0.29, 0.717) is 5.56 Å². The summed E-state index contributed by atoms with van der Waals surface area (Å²) in [6.45, 7) is 8.69. The van der Waals surface area contributed by atoms with Crippen molar-refractivity contribution in [2.45, 2.75) is 65.2 Å². The quantitative estimate of drug-likeness (QED) is 0.430. The van der Waals surface area contributed by atoms with Crippen LogP contribution in [0.15, 0.2) is 30.3 Å². The summed E-state index contributed by atoms with van der Waals surface area (Å²) < 4.78 is 10.4. The molecule has 0 heterocycles. The Morgan fingerprint density at radius 2 is 1.69 bits per heavy atom. The van der Waals surface area contributed by atoms with E-state index in [4.69, 9.17) is 14.3 Å². The van der Waals surface area contributed by atoms with Crippen LogP contribution < -0.4 is 5.48 Å². The van der Waals surface area contributed by atoms with Gasteiger partial charge in [0.15, 0.2) is 0 Å². The van der Waals surface area contributed by atoms with Crippen molar-refractivity contribution in [2.24, 2.45) is 0 Å². The van der Waals surface area contributed by atoms with Crippen molar-refractivity contribution in [3.8, 4) is 0 Å². The molecule has 1 aromatic rings. The highest BCUT2D eigenvalue weighted by Crippen LogP contribution is 2.11. The van der Waals surface area contributed by atoms with Crippen molar-refractivity contribution in [2.75, 3.05) is 0 Å². The Kier molecular flexibility index (Phi) is 8.25. The Hall–Kier alpha value is -2.41. The van der Waals surface area contributed by atoms with Gasteiger partial charge in [-0.05, 0) is 53.2 Å². The lowest BCUT2D eigenvalue weighted by Crippen LogP contribution is -2.41. The van der Waals surface area contributed by atoms with Gasteiger partial charge in [-0.25, -0.2) is 4.79 Å². The van der Waals surface area contributed by atoms with Crippen molar-refractivity contribution >= 4 is 17.9 Å². The number of nitrogens with one attached hydrogen (secondary N) is 1. The maximum absolute atomic E-state index is 12.2. The molecule has 1 atom stereocenters. The third kappa shape index (κ3) is 8.62. The molecular formula is C19H27NO6. The first kappa shape index (κ1) is 21.6. The molecule has 0 aromatic heterocycles. The molecule has 26 heavy (non-hydrogen) atoms. The van der Waals surface area contributed by atoms with E-state index in [0.717, 1.165) is 0 Å². The van der Waals surface area contributed by atoms with Crippen molar-refractivity contribution in [3.05, 3.63) is 35.9 Å². The molecule has 0 saturated heterocycles. The van der Waals surface area contributed by atoms with Gasteiger partial charge in [-0.15, -0.1) is 5.48 Å². The smallest absolute Gasteiger partial charge is 0.356 e. The van der Waals surface area contributed by atoms with E-state index >= 15 is 0 Å². The number of benzene rings is 1. The minimum atomic E-state index is -0.974. The van der Waals surface area contributed by atoms with Gasteiger partial charge >= 0.3 is 17.9 Å². The summed E-state index contributed by atoms with van der Waals surface area (Å²) >= 11 is 0. The third-order valence-electron chi connectivity index (χ3n) is 3.00. The van der Waals surface area contributed by atoms with E-state index in [1.54, 1.807) is 65.0 Å². The molecule has 7 heteroatoms. The molecule has 7 nitrogen and oxygen atoms in total. The standard InChI is InChI=1S/C19H27NO6/c1-13(2)24-18(23)15(11-12-16(21)25-19(3,4)5)20-26-17(22)14-9-7-6-8-10-14/h6-10,13,15,20H,11-12H2,1-5H3/t15-/m0/s1. The van der Waals surface area contributed by atoms with Crippen molar-refractivity contribution < 1.29 is 28.7 Å². The fourth-order valence-corrected chi connectivity index (χ4v) is 1.95. The second-order valence-electron chi connectivity index (χ2n) is 7.04. The summed E-state index contributed by atoms with van der Waals surface area (Å²) in [5, 5.41) is 0. The molecule has 0 aliphatic carbocycles. The zero-order chi connectivity index (χ0) is 19.7. The van der Waals surface area contributed by atoms with Crippen molar-refractivity contribution in [1.29, 1.82) is 0 Å². The van der Waals surface area contributed by atoms with Crippen LogP contribution in [0.4, 0.5) is 0 Å². The molecule has 144 valence electrons. The summed E-state index contributed by atoms with van der Waals surface area (Å²) in [6.07, 6.45) is -0.286. The minimum Gasteiger partial charge on any atom is -0.462 e. The number of hydrogen-bond acceptors (Lipinski definition) is 7. The number of ether oxygens (including phenoxy) is 2. The summed E-state index contributed by atoms with van der Waals surface area (Å²) in [5.41, 5.74) is 2.13. The molecule has 0 aliphatic rings. The van der Waals surface area contributed by atoms with Gasteiger partial charge in [0.2, 0.25) is 0 Å². The first-order valence-corrected chi connectivity index (χ1v) is 8.52. The number of carbonyl (C=O) groups is 3. The largest absolute Gasteiger partial charge is 0.462 e. The lowest BCUT2D eigenvalue weighted by molar-refractivity contribution is -0.156. The molecular weight excluding hydrogens is 338 g/mol. The first-order chi connectivity index (χ1) is 12.1. The maximum Gasteiger partial charge on any atom is 0.356 e. The Morgan fingerprint density at radius 3 is 2.23 bits per heavy atom. The van der Waals surface area contributed by atoms with E-state index in [1.165, 1.54) is 0 Å². The highest BCUT2D eigenvalue weighted by atomic mass is 16.7. The van der Waals surface area contributed by atoms with Gasteiger partial charge < -0.3 is 14.3 Å². The highest BCUT2D eigenvalue weighted by Gasteiger charge is 2.25. The molecule has 1 aromatic carbocycles. The molecule has 0 fully saturated rings. The predicted molar refractivity (Wildman–Crippen MR) is 95.1 cm³/mol. The SMILES string of the molecule is CC(C)OC(=O)[C@H](CCC(=O)OC(C)(C)C)NOC(=O)c1ccccc1. The Labute approximate surface area is 154 Å². The van der Waals surface area contributed by atoms with Crippen LogP contribution in [0.3, 0.4) is 0 Å². The van der Waals surface area contributed by atoms with Gasteiger partial charge in [-0.2, -0.15) is 0 Å². The summed E-state index contributed by atoms with van der Waals surface area (Å²) in [5.74, 6) is -1.69. The fraction of sp³-hybridized carbons (Fsp3) is 0.526. The molecule has 0 amide bonds. The fourth-order valence-electron chi connectivity index (χ4n) is 1.95. The average molecular weight is 365 g/mol. The molecule has 1 N–H and O–H groups in total. The van der Waals surface area contributed by atoms with Gasteiger partial charge in [0.1, 0.15) is 11.6 Å². The number of esters is 2. The van der Waals surface area contributed by atoms with Crippen LogP contribution in [0, 0.1) is 0 Å². The average Bonchev–Trinajstić information content (AvgIpc) is 2.53. The topological polar surface area (TPSA) is 90.9 Å². The minimum absolute atomic E-state index is 0.0228. The van der Waals surface area contributed by atoms with E-state index in [-0.39, 0.29) is 18.9 Å². The Morgan fingerprint density at radius 1 is 1.08 bits per heavy atom. The third-order valence-corrected chi connectivity index (χ3v) is 3.00. The van der Waals surface area contributed by atoms with Gasteiger partial charge in [0.25, 0.3) is 0 Å². The van der Waals surface area contributed by atoms with E-state index in [1.807, 2.05) is 0 Å². The Bertz CT molecular complexity index is 606. The van der Waals surface area contributed by atoms with Gasteiger partial charge in [-0.1, -0.05) is 18.2 Å². The number of hydrogen-bond donors (Lipinski definition) is 1. The summed E-state index contributed by atoms with van der Waals surface area (Å²) in [6, 6.07) is 7.37. The normalized spacial score (nSPS) is 12.4. The monoisotopic (exact) mass is 365 g/mol. The van der Waals surface area contributed by atoms with Crippen LogP contribution in [0.25, 0.3) is 0 Å². The van der Waals surface area contributed by atoms with Crippen LogP contribution in [-0.2, 0) is 23.9 Å². The second kappa shape index (κ2) is 9.91. The predicted octanol–water partition coefficient (Wildman–Crippen LogP) is 2.79. The summed E-state index contributed by atoms with van der Waals surface area (Å²) in [4.78, 5) is 41.0. The zero-order valence-corrected chi connectivity index (χ0v) is 15.9.